The molecule has 0 bridgehead atoms. The van der Waals surface area contributed by atoms with Gasteiger partial charge in [0.1, 0.15) is 0 Å². The number of hydrogen-bond acceptors (Lipinski definition) is 0. The molecule has 3 heteroatoms. The fourth-order valence-electron chi connectivity index (χ4n) is 15.6. The lowest BCUT2D eigenvalue weighted by Gasteiger charge is -2.45. The van der Waals surface area contributed by atoms with Crippen molar-refractivity contribution >= 4 is 77.5 Å². The predicted molar refractivity (Wildman–Crippen MR) is 353 cm³/mol. The first-order chi connectivity index (χ1) is 38.8. The Morgan fingerprint density at radius 1 is 0.317 bits per heavy atom. The van der Waals surface area contributed by atoms with Crippen LogP contribution in [0.25, 0.3) is 99.1 Å². The molecule has 0 saturated heterocycles. The molecule has 0 radical (unpaired) electrons. The van der Waals surface area contributed by atoms with Gasteiger partial charge in [0.15, 0.2) is 0 Å². The third-order valence-corrected chi connectivity index (χ3v) is 20.0. The maximum Gasteiger partial charge on any atom is 0.252 e. The minimum absolute atomic E-state index is 0.0368. The van der Waals surface area contributed by atoms with Crippen LogP contribution in [-0.2, 0) is 32.5 Å². The van der Waals surface area contributed by atoms with Crippen molar-refractivity contribution in [2.24, 2.45) is 0 Å². The van der Waals surface area contributed by atoms with Gasteiger partial charge < -0.3 is 9.13 Å². The zero-order valence-electron chi connectivity index (χ0n) is 50.6. The summed E-state index contributed by atoms with van der Waals surface area (Å²) in [6.45, 7) is 35.7. The topological polar surface area (TPSA) is 9.86 Å². The van der Waals surface area contributed by atoms with Crippen LogP contribution >= 0.6 is 0 Å². The average molecular weight is 1060 g/mol. The van der Waals surface area contributed by atoms with Gasteiger partial charge in [0.2, 0.25) is 0 Å². The summed E-state index contributed by atoms with van der Waals surface area (Å²) >= 11 is 0. The highest BCUT2D eigenvalue weighted by atomic mass is 15.1. The maximum absolute atomic E-state index is 2.82. The summed E-state index contributed by atoms with van der Waals surface area (Å²) in [4.78, 5) is 0. The third-order valence-electron chi connectivity index (χ3n) is 20.0. The standard InChI is InChI=1S/C79H73BN2/c1-74(2,3)47-31-29-44(30-32-47)46-28-27-45-21-20-24-52(55(45)35-46)60-43-64-73-68-72(60)81-67-34-33-48(75(4,5)6)36-56(67)57-38-50(77(10,11)12)41-65(70(57)81)80(68)66-42-51(78(13,14)15)39-59-58-37-49(76(7,8)9)40-63(69(58)82(73)71(59)66)79(64)61-25-18-16-22-53(61)54-23-17-19-26-62(54)79/h16-43H,1-15H3. The molecular weight excluding hydrogens is 988 g/mol. The van der Waals surface area contributed by atoms with E-state index in [1.807, 2.05) is 0 Å². The SMILES string of the molecule is CC(C)(C)c1ccc(-c2ccc3cccc(-c4cc5c6c7c4-n4c8ccc(C(C)(C)C)cc8c8cc(C(C)(C)C)cc(c84)B7c4cc(C(C)(C)C)cc7c8cc(C(C)(C)C)cc(c8n-6c47)C54c5ccccc5-c5ccccc54)c3c2)cc1. The van der Waals surface area contributed by atoms with Crippen molar-refractivity contribution in [1.29, 1.82) is 0 Å². The van der Waals surface area contributed by atoms with Crippen LogP contribution in [0.1, 0.15) is 154 Å². The number of rotatable bonds is 2. The highest BCUT2D eigenvalue weighted by Gasteiger charge is 2.55. The molecule has 3 aliphatic heterocycles. The molecule has 0 saturated carbocycles. The molecule has 1 aliphatic carbocycles. The molecule has 0 amide bonds. The van der Waals surface area contributed by atoms with Gasteiger partial charge in [-0.3, -0.25) is 0 Å². The molecular formula is C79H73BN2. The van der Waals surface area contributed by atoms with Crippen LogP contribution in [0.3, 0.4) is 0 Å². The first kappa shape index (κ1) is 49.9. The van der Waals surface area contributed by atoms with Crippen LogP contribution in [0, 0.1) is 0 Å². The lowest BCUT2D eigenvalue weighted by molar-refractivity contribution is 0.588. The van der Waals surface area contributed by atoms with Crippen LogP contribution in [0.4, 0.5) is 0 Å². The van der Waals surface area contributed by atoms with Gasteiger partial charge in [0.25, 0.3) is 6.71 Å². The summed E-state index contributed by atoms with van der Waals surface area (Å²) in [5.74, 6) is 0. The fraction of sp³-hybridized carbons (Fsp3) is 0.266. The van der Waals surface area contributed by atoms with Crippen molar-refractivity contribution in [2.75, 3.05) is 0 Å². The summed E-state index contributed by atoms with van der Waals surface area (Å²) in [6.07, 6.45) is 0. The van der Waals surface area contributed by atoms with E-state index in [4.69, 9.17) is 0 Å². The van der Waals surface area contributed by atoms with E-state index in [-0.39, 0.29) is 33.8 Å². The monoisotopic (exact) mass is 1060 g/mol. The molecule has 5 heterocycles. The molecule has 16 rings (SSSR count). The Kier molecular flexibility index (Phi) is 9.62. The summed E-state index contributed by atoms with van der Waals surface area (Å²) in [6, 6.07) is 68.5. The van der Waals surface area contributed by atoms with Gasteiger partial charge in [0, 0.05) is 43.8 Å². The summed E-state index contributed by atoms with van der Waals surface area (Å²) in [5.41, 5.74) is 31.2. The van der Waals surface area contributed by atoms with Gasteiger partial charge in [-0.15, -0.1) is 0 Å². The molecule has 10 aromatic carbocycles. The molecule has 1 spiro atoms. The van der Waals surface area contributed by atoms with Crippen LogP contribution in [-0.4, -0.2) is 15.8 Å². The van der Waals surface area contributed by atoms with E-state index in [1.54, 1.807) is 0 Å². The Morgan fingerprint density at radius 3 is 1.41 bits per heavy atom. The molecule has 2 nitrogen and oxygen atoms in total. The first-order valence-electron chi connectivity index (χ1n) is 30.2. The van der Waals surface area contributed by atoms with E-state index in [0.29, 0.717) is 0 Å². The number of benzene rings is 10. The number of nitrogens with zero attached hydrogens (tertiary/aromatic N) is 2. The van der Waals surface area contributed by atoms with Crippen LogP contribution < -0.4 is 16.4 Å². The van der Waals surface area contributed by atoms with E-state index in [1.165, 1.54) is 166 Å². The molecule has 12 aromatic rings. The van der Waals surface area contributed by atoms with E-state index in [0.717, 1.165) is 0 Å². The van der Waals surface area contributed by atoms with E-state index in [9.17, 15) is 0 Å². The van der Waals surface area contributed by atoms with Gasteiger partial charge in [-0.1, -0.05) is 231 Å². The Hall–Kier alpha value is -7.88. The van der Waals surface area contributed by atoms with Crippen LogP contribution in [0.15, 0.2) is 170 Å². The largest absolute Gasteiger partial charge is 0.310 e. The van der Waals surface area contributed by atoms with Crippen LogP contribution in [0.5, 0.6) is 0 Å². The van der Waals surface area contributed by atoms with Gasteiger partial charge in [-0.2, -0.15) is 0 Å². The Balaban J connectivity index is 1.18. The highest BCUT2D eigenvalue weighted by Crippen LogP contribution is 2.63. The first-order valence-corrected chi connectivity index (χ1v) is 30.2. The summed E-state index contributed by atoms with van der Waals surface area (Å²) in [5, 5.41) is 7.91. The van der Waals surface area contributed by atoms with E-state index < -0.39 is 5.41 Å². The zero-order chi connectivity index (χ0) is 56.9. The van der Waals surface area contributed by atoms with Gasteiger partial charge >= 0.3 is 0 Å². The molecule has 0 atom stereocenters. The van der Waals surface area contributed by atoms with Crippen molar-refractivity contribution in [3.8, 4) is 44.8 Å². The number of hydrogen-bond donors (Lipinski definition) is 0. The molecule has 402 valence electrons. The maximum atomic E-state index is 2.82. The number of fused-ring (bicyclic) bond motifs is 15. The van der Waals surface area contributed by atoms with Crippen molar-refractivity contribution in [3.63, 3.8) is 0 Å². The van der Waals surface area contributed by atoms with Crippen LogP contribution in [0.2, 0.25) is 0 Å². The van der Waals surface area contributed by atoms with Gasteiger partial charge in [-0.05, 0) is 175 Å². The normalized spacial score (nSPS) is 14.8. The highest BCUT2D eigenvalue weighted by molar-refractivity contribution is 7.00. The third kappa shape index (κ3) is 6.43. The fourth-order valence-corrected chi connectivity index (χ4v) is 15.6. The second-order valence-electron chi connectivity index (χ2n) is 30.2. The minimum atomic E-state index is -0.654. The smallest absolute Gasteiger partial charge is 0.252 e. The second-order valence-corrected chi connectivity index (χ2v) is 30.2. The lowest BCUT2D eigenvalue weighted by Crippen LogP contribution is -2.61. The quantitative estimate of drug-likeness (QED) is 0.153. The Bertz CT molecular complexity index is 4810. The minimum Gasteiger partial charge on any atom is -0.310 e. The molecule has 0 unspecified atom stereocenters. The van der Waals surface area contributed by atoms with Crippen molar-refractivity contribution in [3.05, 3.63) is 220 Å². The van der Waals surface area contributed by atoms with Crippen molar-refractivity contribution < 1.29 is 0 Å². The van der Waals surface area contributed by atoms with Gasteiger partial charge in [-0.25, -0.2) is 0 Å². The average Bonchev–Trinajstić information content (AvgIpc) is 1.47. The Labute approximate surface area is 484 Å². The molecule has 0 fully saturated rings. The Morgan fingerprint density at radius 2 is 0.817 bits per heavy atom. The van der Waals surface area contributed by atoms with Gasteiger partial charge in [0.05, 0.1) is 22.1 Å². The van der Waals surface area contributed by atoms with Crippen molar-refractivity contribution in [2.45, 2.75) is 136 Å². The summed E-state index contributed by atoms with van der Waals surface area (Å²) < 4.78 is 5.59. The van der Waals surface area contributed by atoms with Crippen molar-refractivity contribution in [1.82, 2.24) is 9.13 Å². The predicted octanol–water partition coefficient (Wildman–Crippen LogP) is 18.7. The molecule has 2 aromatic heterocycles. The number of aromatic nitrogens is 2. The lowest BCUT2D eigenvalue weighted by atomic mass is 9.33. The van der Waals surface area contributed by atoms with E-state index in [2.05, 4.69) is 283 Å². The molecule has 4 aliphatic rings. The molecule has 82 heavy (non-hydrogen) atoms. The van der Waals surface area contributed by atoms with E-state index >= 15 is 0 Å². The summed E-state index contributed by atoms with van der Waals surface area (Å²) in [7, 11) is 0. The zero-order valence-corrected chi connectivity index (χ0v) is 50.6. The molecule has 0 N–H and O–H groups in total. The second kappa shape index (κ2) is 15.8.